The van der Waals surface area contributed by atoms with Crippen LogP contribution in [0.1, 0.15) is 66.7 Å². The lowest BCUT2D eigenvalue weighted by Crippen LogP contribution is -2.30. The maximum Gasteiger partial charge on any atom is 0.261 e. The minimum absolute atomic E-state index is 0.133. The highest BCUT2D eigenvalue weighted by Gasteiger charge is 2.34. The van der Waals surface area contributed by atoms with Crippen LogP contribution >= 0.6 is 0 Å². The molecule has 0 aromatic heterocycles. The van der Waals surface area contributed by atoms with Crippen LogP contribution in [0.3, 0.4) is 0 Å². The monoisotopic (exact) mass is 273 g/mol. The highest BCUT2D eigenvalue weighted by atomic mass is 16.2. The minimum atomic E-state index is -0.133. The van der Waals surface area contributed by atoms with Gasteiger partial charge in [-0.2, -0.15) is 0 Å². The first-order valence-corrected chi connectivity index (χ1v) is 7.60. The van der Waals surface area contributed by atoms with Crippen LogP contribution in [0.2, 0.25) is 0 Å². The summed E-state index contributed by atoms with van der Waals surface area (Å²) in [6, 6.07) is 7.08. The van der Waals surface area contributed by atoms with Gasteiger partial charge in [0.25, 0.3) is 11.8 Å². The van der Waals surface area contributed by atoms with Crippen LogP contribution in [0.25, 0.3) is 0 Å². The fourth-order valence-corrected chi connectivity index (χ4v) is 2.74. The molecule has 1 heterocycles. The quantitative estimate of drug-likeness (QED) is 0.707. The maximum absolute atomic E-state index is 12.2. The second-order valence-electron chi connectivity index (χ2n) is 5.70. The molecule has 20 heavy (non-hydrogen) atoms. The molecule has 0 spiro atoms. The Kier molecular flexibility index (Phi) is 4.94. The lowest BCUT2D eigenvalue weighted by Gasteiger charge is -2.15. The molecule has 1 atom stereocenters. The van der Waals surface area contributed by atoms with Crippen molar-refractivity contribution >= 4 is 11.8 Å². The van der Waals surface area contributed by atoms with Crippen LogP contribution in [0.4, 0.5) is 0 Å². The fraction of sp³-hybridized carbons (Fsp3) is 0.529. The van der Waals surface area contributed by atoms with E-state index in [9.17, 15) is 9.59 Å². The van der Waals surface area contributed by atoms with Gasteiger partial charge in [-0.15, -0.1) is 0 Å². The molecule has 1 aromatic carbocycles. The van der Waals surface area contributed by atoms with Gasteiger partial charge in [0.2, 0.25) is 0 Å². The minimum Gasteiger partial charge on any atom is -0.274 e. The second-order valence-corrected chi connectivity index (χ2v) is 5.70. The molecular weight excluding hydrogens is 250 g/mol. The Morgan fingerprint density at radius 3 is 2.10 bits per heavy atom. The van der Waals surface area contributed by atoms with Crippen molar-refractivity contribution in [1.82, 2.24) is 4.90 Å². The topological polar surface area (TPSA) is 37.4 Å². The van der Waals surface area contributed by atoms with Crippen molar-refractivity contribution < 1.29 is 9.59 Å². The van der Waals surface area contributed by atoms with Crippen molar-refractivity contribution in [2.75, 3.05) is 6.54 Å². The first-order valence-electron chi connectivity index (χ1n) is 7.60. The van der Waals surface area contributed by atoms with Gasteiger partial charge in [-0.1, -0.05) is 45.2 Å². The van der Waals surface area contributed by atoms with E-state index in [1.807, 2.05) is 0 Å². The van der Waals surface area contributed by atoms with E-state index in [1.54, 1.807) is 24.3 Å². The number of carbonyl (C=O) groups is 2. The molecule has 3 heteroatoms. The zero-order valence-electron chi connectivity index (χ0n) is 12.4. The van der Waals surface area contributed by atoms with E-state index in [-0.39, 0.29) is 11.8 Å². The number of fused-ring (bicyclic) bond motifs is 1. The molecule has 0 saturated carbocycles. The third kappa shape index (κ3) is 3.09. The summed E-state index contributed by atoms with van der Waals surface area (Å²) >= 11 is 0. The Hall–Kier alpha value is -1.64. The Morgan fingerprint density at radius 2 is 1.55 bits per heavy atom. The summed E-state index contributed by atoms with van der Waals surface area (Å²) in [5.74, 6) is 0.406. The summed E-state index contributed by atoms with van der Waals surface area (Å²) < 4.78 is 0. The molecule has 0 N–H and O–H groups in total. The molecule has 2 amide bonds. The summed E-state index contributed by atoms with van der Waals surface area (Å²) in [5, 5.41) is 0. The molecule has 1 aliphatic rings. The average Bonchev–Trinajstić information content (AvgIpc) is 2.70. The van der Waals surface area contributed by atoms with Crippen molar-refractivity contribution in [2.45, 2.75) is 46.0 Å². The summed E-state index contributed by atoms with van der Waals surface area (Å²) in [6.07, 6.45) is 5.69. The molecule has 0 radical (unpaired) electrons. The normalized spacial score (nSPS) is 15.6. The van der Waals surface area contributed by atoms with Crippen LogP contribution in [-0.4, -0.2) is 23.3 Å². The summed E-state index contributed by atoms with van der Waals surface area (Å²) in [7, 11) is 0. The number of nitrogens with zero attached hydrogens (tertiary/aromatic N) is 1. The largest absolute Gasteiger partial charge is 0.274 e. The standard InChI is InChI=1S/C17H23NO2/c1-3-4-8-13(2)9-7-12-18-16(19)14-10-5-6-11-15(14)17(18)20/h5-6,10-11,13H,3-4,7-9,12H2,1-2H3. The van der Waals surface area contributed by atoms with Gasteiger partial charge in [0.05, 0.1) is 11.1 Å². The van der Waals surface area contributed by atoms with Gasteiger partial charge in [0, 0.05) is 6.54 Å². The van der Waals surface area contributed by atoms with Crippen LogP contribution in [-0.2, 0) is 0 Å². The number of carbonyl (C=O) groups excluding carboxylic acids is 2. The van der Waals surface area contributed by atoms with E-state index in [4.69, 9.17) is 0 Å². The molecule has 1 unspecified atom stereocenters. The molecular formula is C17H23NO2. The Morgan fingerprint density at radius 1 is 1.00 bits per heavy atom. The van der Waals surface area contributed by atoms with Crippen molar-refractivity contribution in [3.63, 3.8) is 0 Å². The van der Waals surface area contributed by atoms with Gasteiger partial charge in [-0.05, 0) is 30.9 Å². The predicted octanol–water partition coefficient (Wildman–Crippen LogP) is 3.89. The lowest BCUT2D eigenvalue weighted by molar-refractivity contribution is 0.0649. The highest BCUT2D eigenvalue weighted by molar-refractivity contribution is 6.21. The van der Waals surface area contributed by atoms with Crippen LogP contribution in [0.5, 0.6) is 0 Å². The van der Waals surface area contributed by atoms with Crippen molar-refractivity contribution in [2.24, 2.45) is 5.92 Å². The van der Waals surface area contributed by atoms with Crippen molar-refractivity contribution in [3.05, 3.63) is 35.4 Å². The third-order valence-corrected chi connectivity index (χ3v) is 4.01. The van der Waals surface area contributed by atoms with E-state index in [1.165, 1.54) is 24.2 Å². The highest BCUT2D eigenvalue weighted by Crippen LogP contribution is 2.23. The van der Waals surface area contributed by atoms with Crippen LogP contribution < -0.4 is 0 Å². The molecule has 0 aliphatic carbocycles. The second kappa shape index (κ2) is 6.69. The smallest absolute Gasteiger partial charge is 0.261 e. The Bertz CT molecular complexity index is 461. The molecule has 0 bridgehead atoms. The third-order valence-electron chi connectivity index (χ3n) is 4.01. The average molecular weight is 273 g/mol. The van der Waals surface area contributed by atoms with Crippen molar-refractivity contribution in [1.29, 1.82) is 0 Å². The summed E-state index contributed by atoms with van der Waals surface area (Å²) in [5.41, 5.74) is 1.10. The molecule has 108 valence electrons. The molecule has 1 aliphatic heterocycles. The van der Waals surface area contributed by atoms with Gasteiger partial charge in [0.15, 0.2) is 0 Å². The van der Waals surface area contributed by atoms with Crippen LogP contribution in [0, 0.1) is 5.92 Å². The molecule has 2 rings (SSSR count). The number of amides is 2. The number of unbranched alkanes of at least 4 members (excludes halogenated alkanes) is 1. The van der Waals surface area contributed by atoms with Gasteiger partial charge < -0.3 is 0 Å². The van der Waals surface area contributed by atoms with Gasteiger partial charge >= 0.3 is 0 Å². The predicted molar refractivity (Wildman–Crippen MR) is 79.7 cm³/mol. The zero-order valence-corrected chi connectivity index (χ0v) is 12.4. The summed E-state index contributed by atoms with van der Waals surface area (Å²) in [4.78, 5) is 25.7. The first kappa shape index (κ1) is 14.8. The number of imide groups is 1. The first-order chi connectivity index (χ1) is 9.65. The Balaban J connectivity index is 1.86. The lowest BCUT2D eigenvalue weighted by atomic mass is 9.99. The molecule has 1 aromatic rings. The van der Waals surface area contributed by atoms with E-state index >= 15 is 0 Å². The Labute approximate surface area is 121 Å². The van der Waals surface area contributed by atoms with Gasteiger partial charge in [-0.25, -0.2) is 0 Å². The van der Waals surface area contributed by atoms with E-state index in [0.717, 1.165) is 12.8 Å². The number of benzene rings is 1. The van der Waals surface area contributed by atoms with E-state index in [0.29, 0.717) is 23.6 Å². The van der Waals surface area contributed by atoms with Gasteiger partial charge in [-0.3, -0.25) is 14.5 Å². The zero-order chi connectivity index (χ0) is 14.5. The fourth-order valence-electron chi connectivity index (χ4n) is 2.74. The summed E-state index contributed by atoms with van der Waals surface area (Å²) in [6.45, 7) is 4.99. The van der Waals surface area contributed by atoms with Crippen LogP contribution in [0.15, 0.2) is 24.3 Å². The number of rotatable bonds is 7. The maximum atomic E-state index is 12.2. The number of hydrogen-bond donors (Lipinski definition) is 0. The van der Waals surface area contributed by atoms with Crippen molar-refractivity contribution in [3.8, 4) is 0 Å². The number of hydrogen-bond acceptors (Lipinski definition) is 2. The van der Waals surface area contributed by atoms with E-state index in [2.05, 4.69) is 13.8 Å². The molecule has 3 nitrogen and oxygen atoms in total. The molecule has 0 fully saturated rings. The van der Waals surface area contributed by atoms with Gasteiger partial charge in [0.1, 0.15) is 0 Å². The SMILES string of the molecule is CCCCC(C)CCCN1C(=O)c2ccccc2C1=O. The molecule has 0 saturated heterocycles. The van der Waals surface area contributed by atoms with E-state index < -0.39 is 0 Å².